The number of ether oxygens (including phenoxy) is 1. The second-order valence-electron chi connectivity index (χ2n) is 5.16. The summed E-state index contributed by atoms with van der Waals surface area (Å²) in [5.74, 6) is 0.631. The number of rotatable bonds is 6. The standard InChI is InChI=1S/C15H23N3O2/c1-18-9-5-6-12(18)10-16-11-15(19)17-13-7-3-4-8-14(13)20-2/h3-4,7-8,12,16H,5-6,9-11H2,1-2H3,(H,17,19). The van der Waals surface area contributed by atoms with Crippen molar-refractivity contribution in [1.29, 1.82) is 0 Å². The number of carbonyl (C=O) groups is 1. The van der Waals surface area contributed by atoms with Crippen LogP contribution in [0.4, 0.5) is 5.69 Å². The Labute approximate surface area is 120 Å². The van der Waals surface area contributed by atoms with Crippen LogP contribution in [-0.4, -0.2) is 50.6 Å². The molecule has 1 aromatic rings. The number of amides is 1. The van der Waals surface area contributed by atoms with E-state index < -0.39 is 0 Å². The average Bonchev–Trinajstić information content (AvgIpc) is 2.85. The third kappa shape index (κ3) is 3.95. The molecule has 0 aliphatic carbocycles. The zero-order valence-electron chi connectivity index (χ0n) is 12.2. The summed E-state index contributed by atoms with van der Waals surface area (Å²) in [5, 5.41) is 6.08. The molecule has 0 radical (unpaired) electrons. The molecule has 1 atom stereocenters. The second kappa shape index (κ2) is 7.26. The molecule has 0 saturated carbocycles. The van der Waals surface area contributed by atoms with Crippen molar-refractivity contribution >= 4 is 11.6 Å². The van der Waals surface area contributed by atoms with Gasteiger partial charge in [0.15, 0.2) is 0 Å². The first-order valence-electron chi connectivity index (χ1n) is 7.04. The number of hydrogen-bond acceptors (Lipinski definition) is 4. The quantitative estimate of drug-likeness (QED) is 0.823. The summed E-state index contributed by atoms with van der Waals surface area (Å²) < 4.78 is 5.20. The van der Waals surface area contributed by atoms with Crippen molar-refractivity contribution in [1.82, 2.24) is 10.2 Å². The number of hydrogen-bond donors (Lipinski definition) is 2. The molecule has 1 aliphatic rings. The molecule has 5 heteroatoms. The lowest BCUT2D eigenvalue weighted by atomic mass is 10.2. The van der Waals surface area contributed by atoms with Crippen LogP contribution in [-0.2, 0) is 4.79 Å². The molecule has 0 bridgehead atoms. The van der Waals surface area contributed by atoms with Gasteiger partial charge < -0.3 is 20.3 Å². The van der Waals surface area contributed by atoms with Crippen LogP contribution < -0.4 is 15.4 Å². The summed E-state index contributed by atoms with van der Waals surface area (Å²) in [7, 11) is 3.73. The van der Waals surface area contributed by atoms with Gasteiger partial charge >= 0.3 is 0 Å². The maximum absolute atomic E-state index is 11.9. The van der Waals surface area contributed by atoms with E-state index in [0.717, 1.165) is 13.1 Å². The van der Waals surface area contributed by atoms with E-state index in [-0.39, 0.29) is 5.91 Å². The van der Waals surface area contributed by atoms with E-state index in [1.807, 2.05) is 24.3 Å². The van der Waals surface area contributed by atoms with Crippen molar-refractivity contribution in [2.24, 2.45) is 0 Å². The molecule has 110 valence electrons. The van der Waals surface area contributed by atoms with Gasteiger partial charge in [-0.15, -0.1) is 0 Å². The van der Waals surface area contributed by atoms with Gasteiger partial charge in [-0.2, -0.15) is 0 Å². The van der Waals surface area contributed by atoms with Gasteiger partial charge in [-0.25, -0.2) is 0 Å². The Morgan fingerprint density at radius 1 is 1.45 bits per heavy atom. The van der Waals surface area contributed by atoms with Gasteiger partial charge in [-0.3, -0.25) is 4.79 Å². The summed E-state index contributed by atoms with van der Waals surface area (Å²) >= 11 is 0. The fourth-order valence-corrected chi connectivity index (χ4v) is 2.53. The maximum atomic E-state index is 11.9. The number of likely N-dealkylation sites (tertiary alicyclic amines) is 1. The van der Waals surface area contributed by atoms with Crippen LogP contribution in [0.25, 0.3) is 0 Å². The highest BCUT2D eigenvalue weighted by Crippen LogP contribution is 2.22. The molecular formula is C15H23N3O2. The molecule has 0 spiro atoms. The number of anilines is 1. The van der Waals surface area contributed by atoms with E-state index >= 15 is 0 Å². The van der Waals surface area contributed by atoms with Crippen LogP contribution in [0.1, 0.15) is 12.8 Å². The van der Waals surface area contributed by atoms with Crippen molar-refractivity contribution in [2.75, 3.05) is 39.1 Å². The van der Waals surface area contributed by atoms with Crippen LogP contribution in [0, 0.1) is 0 Å². The summed E-state index contributed by atoms with van der Waals surface area (Å²) in [6.07, 6.45) is 2.45. The largest absolute Gasteiger partial charge is 0.495 e. The molecule has 1 heterocycles. The number of methoxy groups -OCH3 is 1. The normalized spacial score (nSPS) is 19.0. The lowest BCUT2D eigenvalue weighted by Gasteiger charge is -2.19. The average molecular weight is 277 g/mol. The zero-order valence-corrected chi connectivity index (χ0v) is 12.2. The molecule has 0 aromatic heterocycles. The fraction of sp³-hybridized carbons (Fsp3) is 0.533. The highest BCUT2D eigenvalue weighted by molar-refractivity contribution is 5.93. The number of nitrogens with zero attached hydrogens (tertiary/aromatic N) is 1. The molecule has 2 rings (SSSR count). The molecule has 5 nitrogen and oxygen atoms in total. The summed E-state index contributed by atoms with van der Waals surface area (Å²) in [6.45, 7) is 2.33. The van der Waals surface area contributed by atoms with Crippen LogP contribution in [0.15, 0.2) is 24.3 Å². The number of para-hydroxylation sites is 2. The van der Waals surface area contributed by atoms with Crippen molar-refractivity contribution in [3.05, 3.63) is 24.3 Å². The maximum Gasteiger partial charge on any atom is 0.238 e. The van der Waals surface area contributed by atoms with E-state index in [1.54, 1.807) is 7.11 Å². The lowest BCUT2D eigenvalue weighted by Crippen LogP contribution is -2.38. The summed E-state index contributed by atoms with van der Waals surface area (Å²) in [4.78, 5) is 14.2. The van der Waals surface area contributed by atoms with Crippen LogP contribution in [0.3, 0.4) is 0 Å². The Kier molecular flexibility index (Phi) is 5.38. The van der Waals surface area contributed by atoms with Crippen LogP contribution in [0.2, 0.25) is 0 Å². The van der Waals surface area contributed by atoms with E-state index in [0.29, 0.717) is 24.0 Å². The first-order valence-corrected chi connectivity index (χ1v) is 7.04. The van der Waals surface area contributed by atoms with Gasteiger partial charge in [0.25, 0.3) is 0 Å². The zero-order chi connectivity index (χ0) is 14.4. The highest BCUT2D eigenvalue weighted by Gasteiger charge is 2.20. The Morgan fingerprint density at radius 3 is 2.95 bits per heavy atom. The van der Waals surface area contributed by atoms with Gasteiger partial charge in [0.05, 0.1) is 19.3 Å². The molecule has 20 heavy (non-hydrogen) atoms. The van der Waals surface area contributed by atoms with E-state index in [4.69, 9.17) is 4.74 Å². The monoisotopic (exact) mass is 277 g/mol. The molecular weight excluding hydrogens is 254 g/mol. The predicted molar refractivity (Wildman–Crippen MR) is 80.1 cm³/mol. The highest BCUT2D eigenvalue weighted by atomic mass is 16.5. The van der Waals surface area contributed by atoms with E-state index in [9.17, 15) is 4.79 Å². The minimum absolute atomic E-state index is 0.0462. The second-order valence-corrected chi connectivity index (χ2v) is 5.16. The third-order valence-corrected chi connectivity index (χ3v) is 3.72. The number of carbonyl (C=O) groups excluding carboxylic acids is 1. The Morgan fingerprint density at radius 2 is 2.25 bits per heavy atom. The smallest absolute Gasteiger partial charge is 0.238 e. The summed E-state index contributed by atoms with van der Waals surface area (Å²) in [5.41, 5.74) is 0.708. The van der Waals surface area contributed by atoms with Crippen molar-refractivity contribution in [2.45, 2.75) is 18.9 Å². The molecule has 1 unspecified atom stereocenters. The third-order valence-electron chi connectivity index (χ3n) is 3.72. The van der Waals surface area contributed by atoms with E-state index in [1.165, 1.54) is 12.8 Å². The first-order chi connectivity index (χ1) is 9.70. The van der Waals surface area contributed by atoms with Gasteiger partial charge in [0.1, 0.15) is 5.75 Å². The minimum atomic E-state index is -0.0462. The minimum Gasteiger partial charge on any atom is -0.495 e. The van der Waals surface area contributed by atoms with Crippen molar-refractivity contribution in [3.63, 3.8) is 0 Å². The van der Waals surface area contributed by atoms with Crippen molar-refractivity contribution in [3.8, 4) is 5.75 Å². The Balaban J connectivity index is 1.75. The molecule has 2 N–H and O–H groups in total. The first kappa shape index (κ1) is 14.8. The number of benzene rings is 1. The number of likely N-dealkylation sites (N-methyl/N-ethyl adjacent to an activating group) is 1. The molecule has 1 aliphatic heterocycles. The van der Waals surface area contributed by atoms with Gasteiger partial charge in [0, 0.05) is 12.6 Å². The van der Waals surface area contributed by atoms with Gasteiger partial charge in [-0.05, 0) is 38.6 Å². The summed E-state index contributed by atoms with van der Waals surface area (Å²) in [6, 6.07) is 7.97. The Bertz CT molecular complexity index is 450. The van der Waals surface area contributed by atoms with Crippen LogP contribution >= 0.6 is 0 Å². The number of nitrogens with one attached hydrogen (secondary N) is 2. The SMILES string of the molecule is COc1ccccc1NC(=O)CNCC1CCCN1C. The van der Waals surface area contributed by atoms with Gasteiger partial charge in [0.2, 0.25) is 5.91 Å². The Hall–Kier alpha value is -1.59. The molecule has 1 aromatic carbocycles. The molecule has 1 saturated heterocycles. The topological polar surface area (TPSA) is 53.6 Å². The fourth-order valence-electron chi connectivity index (χ4n) is 2.53. The predicted octanol–water partition coefficient (Wildman–Crippen LogP) is 1.32. The van der Waals surface area contributed by atoms with Crippen molar-refractivity contribution < 1.29 is 9.53 Å². The van der Waals surface area contributed by atoms with Gasteiger partial charge in [-0.1, -0.05) is 12.1 Å². The van der Waals surface area contributed by atoms with Crippen LogP contribution in [0.5, 0.6) is 5.75 Å². The lowest BCUT2D eigenvalue weighted by molar-refractivity contribution is -0.115. The molecule has 1 fully saturated rings. The molecule has 1 amide bonds. The van der Waals surface area contributed by atoms with E-state index in [2.05, 4.69) is 22.6 Å².